The van der Waals surface area contributed by atoms with Gasteiger partial charge in [-0.2, -0.15) is 0 Å². The highest BCUT2D eigenvalue weighted by atomic mass is 32.2. The summed E-state index contributed by atoms with van der Waals surface area (Å²) >= 11 is 0. The van der Waals surface area contributed by atoms with Crippen LogP contribution in [0.5, 0.6) is 0 Å². The van der Waals surface area contributed by atoms with Crippen LogP contribution >= 0.6 is 0 Å². The van der Waals surface area contributed by atoms with Crippen molar-refractivity contribution in [1.82, 2.24) is 4.57 Å². The fourth-order valence-corrected chi connectivity index (χ4v) is 2.02. The molecule has 14 heavy (non-hydrogen) atoms. The summed E-state index contributed by atoms with van der Waals surface area (Å²) in [4.78, 5) is 0.332. The van der Waals surface area contributed by atoms with Crippen LogP contribution in [0.4, 0.5) is 0 Å². The Morgan fingerprint density at radius 3 is 2.50 bits per heavy atom. The van der Waals surface area contributed by atoms with E-state index in [0.717, 1.165) is 12.1 Å². The molecule has 2 N–H and O–H groups in total. The average Bonchev–Trinajstić information content (AvgIpc) is 2.45. The summed E-state index contributed by atoms with van der Waals surface area (Å²) in [5, 5.41) is 0. The lowest BCUT2D eigenvalue weighted by atomic mass is 10.2. The molecule has 0 aliphatic rings. The van der Waals surface area contributed by atoms with Crippen LogP contribution in [0.15, 0.2) is 17.2 Å². The van der Waals surface area contributed by atoms with E-state index in [2.05, 4.69) is 0 Å². The monoisotopic (exact) mass is 216 g/mol. The van der Waals surface area contributed by atoms with E-state index in [-0.39, 0.29) is 6.04 Å². The smallest absolute Gasteiger partial charge is 0.177 e. The molecule has 1 rings (SSSR count). The van der Waals surface area contributed by atoms with Gasteiger partial charge in [0.25, 0.3) is 0 Å². The third kappa shape index (κ3) is 2.16. The number of aromatic nitrogens is 1. The lowest BCUT2D eigenvalue weighted by molar-refractivity contribution is 0.601. The number of hydrogen-bond donors (Lipinski definition) is 1. The fraction of sp³-hybridized carbons (Fsp3) is 0.556. The summed E-state index contributed by atoms with van der Waals surface area (Å²) in [7, 11) is -1.32. The lowest BCUT2D eigenvalue weighted by Crippen LogP contribution is -2.12. The van der Waals surface area contributed by atoms with Crippen LogP contribution in [0.2, 0.25) is 0 Å². The van der Waals surface area contributed by atoms with Crippen LogP contribution in [0.3, 0.4) is 0 Å². The van der Waals surface area contributed by atoms with Gasteiger partial charge in [0, 0.05) is 31.2 Å². The summed E-state index contributed by atoms with van der Waals surface area (Å²) in [5.41, 5.74) is 6.69. The molecular formula is C9H16N2O2S. The van der Waals surface area contributed by atoms with Crippen LogP contribution in [-0.4, -0.2) is 19.2 Å². The van der Waals surface area contributed by atoms with E-state index in [1.807, 2.05) is 6.92 Å². The SMILES string of the molecule is CC[C@@H](N)c1cc(S(C)(=O)=O)cn1C. The van der Waals surface area contributed by atoms with Gasteiger partial charge in [0.15, 0.2) is 9.84 Å². The number of nitrogens with zero attached hydrogens (tertiary/aromatic N) is 1. The zero-order chi connectivity index (χ0) is 10.9. The Kier molecular flexibility index (Phi) is 3.01. The first kappa shape index (κ1) is 11.3. The minimum absolute atomic E-state index is 0.101. The van der Waals surface area contributed by atoms with Crippen molar-refractivity contribution >= 4 is 9.84 Å². The fourth-order valence-electron chi connectivity index (χ4n) is 1.33. The largest absolute Gasteiger partial charge is 0.352 e. The van der Waals surface area contributed by atoms with E-state index in [4.69, 9.17) is 5.73 Å². The summed E-state index contributed by atoms with van der Waals surface area (Å²) in [6, 6.07) is 1.54. The molecule has 1 atom stereocenters. The first-order chi connectivity index (χ1) is 6.36. The van der Waals surface area contributed by atoms with Gasteiger partial charge in [0.1, 0.15) is 0 Å². The molecule has 0 amide bonds. The quantitative estimate of drug-likeness (QED) is 0.814. The maximum absolute atomic E-state index is 11.3. The molecule has 1 aromatic heterocycles. The lowest BCUT2D eigenvalue weighted by Gasteiger charge is -2.08. The molecule has 0 unspecified atom stereocenters. The second kappa shape index (κ2) is 3.74. The van der Waals surface area contributed by atoms with E-state index >= 15 is 0 Å². The van der Waals surface area contributed by atoms with Gasteiger partial charge in [0.2, 0.25) is 0 Å². The molecule has 0 aromatic carbocycles. The summed E-state index contributed by atoms with van der Waals surface area (Å²) in [5.74, 6) is 0. The van der Waals surface area contributed by atoms with Gasteiger partial charge in [-0.25, -0.2) is 8.42 Å². The maximum Gasteiger partial charge on any atom is 0.177 e. The van der Waals surface area contributed by atoms with Crippen LogP contribution in [0.1, 0.15) is 25.1 Å². The standard InChI is InChI=1S/C9H16N2O2S/c1-4-8(10)9-5-7(6-11(9)2)14(3,12)13/h5-6,8H,4,10H2,1-3H3/t8-/m1/s1. The van der Waals surface area contributed by atoms with Gasteiger partial charge < -0.3 is 10.3 Å². The van der Waals surface area contributed by atoms with Gasteiger partial charge >= 0.3 is 0 Å². The Morgan fingerprint density at radius 2 is 2.14 bits per heavy atom. The molecule has 0 bridgehead atoms. The van der Waals surface area contributed by atoms with E-state index < -0.39 is 9.84 Å². The van der Waals surface area contributed by atoms with Gasteiger partial charge in [-0.15, -0.1) is 0 Å². The zero-order valence-corrected chi connectivity index (χ0v) is 9.50. The zero-order valence-electron chi connectivity index (χ0n) is 8.69. The van der Waals surface area contributed by atoms with Crippen molar-refractivity contribution in [3.8, 4) is 0 Å². The molecule has 1 heterocycles. The molecule has 0 aliphatic heterocycles. The molecule has 0 saturated heterocycles. The highest BCUT2D eigenvalue weighted by Crippen LogP contribution is 2.19. The highest BCUT2D eigenvalue weighted by Gasteiger charge is 2.15. The van der Waals surface area contributed by atoms with Crippen LogP contribution in [-0.2, 0) is 16.9 Å². The highest BCUT2D eigenvalue weighted by molar-refractivity contribution is 7.90. The molecule has 0 spiro atoms. The Balaban J connectivity index is 3.18. The molecule has 0 radical (unpaired) electrons. The number of sulfone groups is 1. The number of nitrogens with two attached hydrogens (primary N) is 1. The third-order valence-electron chi connectivity index (χ3n) is 2.27. The van der Waals surface area contributed by atoms with E-state index in [0.29, 0.717) is 4.90 Å². The van der Waals surface area contributed by atoms with Gasteiger partial charge in [0.05, 0.1) is 4.90 Å². The number of aryl methyl sites for hydroxylation is 1. The van der Waals surface area contributed by atoms with Crippen molar-refractivity contribution in [2.24, 2.45) is 12.8 Å². The Bertz CT molecular complexity index is 420. The molecule has 80 valence electrons. The summed E-state index contributed by atoms with van der Waals surface area (Å²) in [6.07, 6.45) is 3.59. The maximum atomic E-state index is 11.3. The number of rotatable bonds is 3. The summed E-state index contributed by atoms with van der Waals surface area (Å²) < 4.78 is 24.3. The van der Waals surface area contributed by atoms with Crippen LogP contribution in [0.25, 0.3) is 0 Å². The third-order valence-corrected chi connectivity index (χ3v) is 3.35. The minimum Gasteiger partial charge on any atom is -0.352 e. The van der Waals surface area contributed by atoms with E-state index in [1.54, 1.807) is 23.9 Å². The molecule has 4 nitrogen and oxygen atoms in total. The van der Waals surface area contributed by atoms with Crippen molar-refractivity contribution in [3.63, 3.8) is 0 Å². The first-order valence-electron chi connectivity index (χ1n) is 4.48. The number of hydrogen-bond acceptors (Lipinski definition) is 3. The molecule has 0 fully saturated rings. The van der Waals surface area contributed by atoms with Gasteiger partial charge in [-0.3, -0.25) is 0 Å². The molecular weight excluding hydrogens is 200 g/mol. The van der Waals surface area contributed by atoms with Gasteiger partial charge in [-0.1, -0.05) is 6.92 Å². The van der Waals surface area contributed by atoms with Crippen molar-refractivity contribution in [2.75, 3.05) is 6.26 Å². The van der Waals surface area contributed by atoms with E-state index in [1.165, 1.54) is 6.26 Å². The van der Waals surface area contributed by atoms with Crippen molar-refractivity contribution in [2.45, 2.75) is 24.3 Å². The molecule has 1 aromatic rings. The van der Waals surface area contributed by atoms with Crippen molar-refractivity contribution in [1.29, 1.82) is 0 Å². The minimum atomic E-state index is -3.12. The Morgan fingerprint density at radius 1 is 1.57 bits per heavy atom. The van der Waals surface area contributed by atoms with Crippen LogP contribution < -0.4 is 5.73 Å². The molecule has 0 saturated carbocycles. The van der Waals surface area contributed by atoms with Crippen LogP contribution in [0, 0.1) is 0 Å². The summed E-state index contributed by atoms with van der Waals surface area (Å²) in [6.45, 7) is 1.97. The average molecular weight is 216 g/mol. The van der Waals surface area contributed by atoms with Crippen molar-refractivity contribution in [3.05, 3.63) is 18.0 Å². The van der Waals surface area contributed by atoms with Gasteiger partial charge in [-0.05, 0) is 12.5 Å². The Labute approximate surface area is 84.6 Å². The van der Waals surface area contributed by atoms with Crippen molar-refractivity contribution < 1.29 is 8.42 Å². The van der Waals surface area contributed by atoms with E-state index in [9.17, 15) is 8.42 Å². The topological polar surface area (TPSA) is 65.1 Å². The Hall–Kier alpha value is -0.810. The predicted molar refractivity (Wildman–Crippen MR) is 55.7 cm³/mol. The molecule has 0 aliphatic carbocycles. The second-order valence-corrected chi connectivity index (χ2v) is 5.51. The molecule has 5 heteroatoms. The normalized spacial score (nSPS) is 14.3. The first-order valence-corrected chi connectivity index (χ1v) is 6.37. The predicted octanol–water partition coefficient (Wildman–Crippen LogP) is 0.838. The second-order valence-electron chi connectivity index (χ2n) is 3.50.